The van der Waals surface area contributed by atoms with Crippen molar-refractivity contribution in [2.24, 2.45) is 5.92 Å². The molecule has 2 aliphatic rings. The third-order valence-corrected chi connectivity index (χ3v) is 5.67. The zero-order valence-corrected chi connectivity index (χ0v) is 16.6. The second kappa shape index (κ2) is 7.08. The summed E-state index contributed by atoms with van der Waals surface area (Å²) in [6.07, 6.45) is 3.50. The van der Waals surface area contributed by atoms with Gasteiger partial charge in [-0.3, -0.25) is 9.78 Å². The van der Waals surface area contributed by atoms with Crippen molar-refractivity contribution in [1.82, 2.24) is 24.6 Å². The van der Waals surface area contributed by atoms with Gasteiger partial charge in [0.2, 0.25) is 0 Å². The molecule has 1 atom stereocenters. The lowest BCUT2D eigenvalue weighted by Gasteiger charge is -2.37. The Kier molecular flexibility index (Phi) is 4.39. The van der Waals surface area contributed by atoms with Gasteiger partial charge < -0.3 is 9.64 Å². The molecule has 0 aliphatic carbocycles. The molecule has 1 aromatic carbocycles. The van der Waals surface area contributed by atoms with E-state index in [1.54, 1.807) is 12.4 Å². The summed E-state index contributed by atoms with van der Waals surface area (Å²) in [4.78, 5) is 24.5. The minimum Gasteiger partial charge on any atom is -0.372 e. The van der Waals surface area contributed by atoms with E-state index in [0.29, 0.717) is 32.1 Å². The van der Waals surface area contributed by atoms with Crippen molar-refractivity contribution in [1.29, 1.82) is 0 Å². The van der Waals surface area contributed by atoms with Crippen molar-refractivity contribution in [2.75, 3.05) is 6.54 Å². The molecule has 7 heteroatoms. The number of amides is 1. The Balaban J connectivity index is 1.53. The van der Waals surface area contributed by atoms with E-state index in [0.717, 1.165) is 28.1 Å². The van der Waals surface area contributed by atoms with Gasteiger partial charge in [-0.25, -0.2) is 9.67 Å². The van der Waals surface area contributed by atoms with Gasteiger partial charge in [0.05, 0.1) is 25.8 Å². The van der Waals surface area contributed by atoms with E-state index >= 15 is 0 Å². The average molecular weight is 389 g/mol. The highest BCUT2D eigenvalue weighted by atomic mass is 16.5. The van der Waals surface area contributed by atoms with Crippen LogP contribution in [0.4, 0.5) is 0 Å². The Bertz CT molecular complexity index is 1060. The Hall–Kier alpha value is -3.06. The summed E-state index contributed by atoms with van der Waals surface area (Å²) < 4.78 is 7.51. The van der Waals surface area contributed by atoms with Gasteiger partial charge >= 0.3 is 0 Å². The molecule has 1 amide bonds. The summed E-state index contributed by atoms with van der Waals surface area (Å²) >= 11 is 0. The number of aromatic nitrogens is 4. The lowest BCUT2D eigenvalue weighted by atomic mass is 9.96. The molecule has 2 aromatic heterocycles. The van der Waals surface area contributed by atoms with E-state index in [2.05, 4.69) is 23.9 Å². The molecule has 0 spiro atoms. The monoisotopic (exact) mass is 389 g/mol. The summed E-state index contributed by atoms with van der Waals surface area (Å²) in [5.74, 6) is 1.74. The lowest BCUT2D eigenvalue weighted by Crippen LogP contribution is -2.45. The number of benzene rings is 1. The van der Waals surface area contributed by atoms with Gasteiger partial charge in [0, 0.05) is 30.1 Å². The molecule has 4 heterocycles. The number of carbonyl (C=O) groups excluding carboxylic acids is 1. The molecule has 7 nitrogen and oxygen atoms in total. The van der Waals surface area contributed by atoms with Crippen LogP contribution in [-0.4, -0.2) is 37.1 Å². The van der Waals surface area contributed by atoms with Gasteiger partial charge in [-0.05, 0) is 35.2 Å². The van der Waals surface area contributed by atoms with Crippen LogP contribution in [0.2, 0.25) is 0 Å². The maximum absolute atomic E-state index is 13.6. The van der Waals surface area contributed by atoms with Crippen LogP contribution in [-0.2, 0) is 24.5 Å². The van der Waals surface area contributed by atoms with E-state index in [1.165, 1.54) is 0 Å². The molecular formula is C22H23N5O2. The van der Waals surface area contributed by atoms with Crippen LogP contribution in [0.5, 0.6) is 0 Å². The lowest BCUT2D eigenvalue weighted by molar-refractivity contribution is 0.0533. The predicted molar refractivity (Wildman–Crippen MR) is 107 cm³/mol. The summed E-state index contributed by atoms with van der Waals surface area (Å²) in [5.41, 5.74) is 3.75. The number of fused-ring (bicyclic) bond motifs is 2. The number of pyridine rings is 1. The van der Waals surface area contributed by atoms with Crippen LogP contribution in [0.15, 0.2) is 42.7 Å². The summed E-state index contributed by atoms with van der Waals surface area (Å²) in [7, 11) is 0. The Morgan fingerprint density at radius 2 is 2.07 bits per heavy atom. The minimum atomic E-state index is -0.132. The molecule has 0 saturated carbocycles. The smallest absolute Gasteiger partial charge is 0.254 e. The first kappa shape index (κ1) is 18.0. The number of carbonyl (C=O) groups is 1. The molecule has 5 rings (SSSR count). The molecule has 3 aromatic rings. The normalized spacial score (nSPS) is 18.0. The molecule has 0 fully saturated rings. The van der Waals surface area contributed by atoms with Crippen LogP contribution in [0.1, 0.15) is 47.2 Å². The van der Waals surface area contributed by atoms with Crippen LogP contribution in [0, 0.1) is 5.92 Å². The third-order valence-electron chi connectivity index (χ3n) is 5.67. The first-order valence-electron chi connectivity index (χ1n) is 9.98. The largest absolute Gasteiger partial charge is 0.372 e. The number of hydrogen-bond donors (Lipinski definition) is 0. The average Bonchev–Trinajstić information content (AvgIpc) is 3.39. The zero-order valence-electron chi connectivity index (χ0n) is 16.6. The number of nitrogens with zero attached hydrogens (tertiary/aromatic N) is 5. The standard InChI is InChI=1S/C22H23N5O2/c1-14(2)19-21-24-20(15-6-4-8-23-11-15)25-27(21)10-9-26(19)22(28)17-7-3-5-16-12-29-13-18(16)17/h3-8,11,14,19H,9-10,12-13H2,1-2H3/t19-/m1/s1. The predicted octanol–water partition coefficient (Wildman–Crippen LogP) is 3.22. The van der Waals surface area contributed by atoms with E-state index in [4.69, 9.17) is 9.72 Å². The molecule has 0 N–H and O–H groups in total. The molecule has 29 heavy (non-hydrogen) atoms. The SMILES string of the molecule is CC(C)[C@@H]1c2nc(-c3cccnc3)nn2CCN1C(=O)c1cccc2c1COC2. The van der Waals surface area contributed by atoms with Gasteiger partial charge in [0.15, 0.2) is 11.6 Å². The van der Waals surface area contributed by atoms with E-state index in [1.807, 2.05) is 39.9 Å². The molecule has 2 aliphatic heterocycles. The number of ether oxygens (including phenoxy) is 1. The Morgan fingerprint density at radius 1 is 1.17 bits per heavy atom. The van der Waals surface area contributed by atoms with Crippen molar-refractivity contribution < 1.29 is 9.53 Å². The van der Waals surface area contributed by atoms with Crippen LogP contribution in [0.3, 0.4) is 0 Å². The second-order valence-electron chi connectivity index (χ2n) is 7.88. The molecular weight excluding hydrogens is 366 g/mol. The topological polar surface area (TPSA) is 73.1 Å². The minimum absolute atomic E-state index is 0.0447. The maximum atomic E-state index is 13.6. The summed E-state index contributed by atoms with van der Waals surface area (Å²) in [5, 5.41) is 4.69. The first-order chi connectivity index (χ1) is 14.1. The van der Waals surface area contributed by atoms with Crippen LogP contribution < -0.4 is 0 Å². The highest BCUT2D eigenvalue weighted by Crippen LogP contribution is 2.34. The highest BCUT2D eigenvalue weighted by molar-refractivity contribution is 5.96. The highest BCUT2D eigenvalue weighted by Gasteiger charge is 2.37. The maximum Gasteiger partial charge on any atom is 0.254 e. The van der Waals surface area contributed by atoms with Crippen LogP contribution >= 0.6 is 0 Å². The molecule has 0 unspecified atom stereocenters. The number of hydrogen-bond acceptors (Lipinski definition) is 5. The van der Waals surface area contributed by atoms with E-state index < -0.39 is 0 Å². The van der Waals surface area contributed by atoms with Gasteiger partial charge in [0.1, 0.15) is 0 Å². The van der Waals surface area contributed by atoms with E-state index in [9.17, 15) is 4.79 Å². The molecule has 0 bridgehead atoms. The van der Waals surface area contributed by atoms with Crippen molar-refractivity contribution in [3.8, 4) is 11.4 Å². The van der Waals surface area contributed by atoms with Crippen molar-refractivity contribution in [2.45, 2.75) is 39.6 Å². The van der Waals surface area contributed by atoms with Gasteiger partial charge in [-0.1, -0.05) is 26.0 Å². The fourth-order valence-corrected chi connectivity index (χ4v) is 4.28. The summed E-state index contributed by atoms with van der Waals surface area (Å²) in [6.45, 7) is 6.55. The fourth-order valence-electron chi connectivity index (χ4n) is 4.28. The summed E-state index contributed by atoms with van der Waals surface area (Å²) in [6, 6.07) is 9.59. The fraction of sp³-hybridized carbons (Fsp3) is 0.364. The van der Waals surface area contributed by atoms with Crippen molar-refractivity contribution in [3.63, 3.8) is 0 Å². The Morgan fingerprint density at radius 3 is 2.86 bits per heavy atom. The quantitative estimate of drug-likeness (QED) is 0.688. The number of rotatable bonds is 3. The van der Waals surface area contributed by atoms with Crippen molar-refractivity contribution >= 4 is 5.91 Å². The first-order valence-corrected chi connectivity index (χ1v) is 9.98. The second-order valence-corrected chi connectivity index (χ2v) is 7.88. The van der Waals surface area contributed by atoms with Gasteiger partial charge in [0.25, 0.3) is 5.91 Å². The zero-order chi connectivity index (χ0) is 20.0. The molecule has 0 saturated heterocycles. The van der Waals surface area contributed by atoms with Gasteiger partial charge in [-0.2, -0.15) is 5.10 Å². The molecule has 148 valence electrons. The van der Waals surface area contributed by atoms with Gasteiger partial charge in [-0.15, -0.1) is 0 Å². The molecule has 0 radical (unpaired) electrons. The third kappa shape index (κ3) is 3.02. The Labute approximate surface area is 169 Å². The van der Waals surface area contributed by atoms with E-state index in [-0.39, 0.29) is 17.9 Å². The van der Waals surface area contributed by atoms with Crippen molar-refractivity contribution in [3.05, 3.63) is 65.2 Å². The van der Waals surface area contributed by atoms with Crippen LogP contribution in [0.25, 0.3) is 11.4 Å².